The number of hydrogen-bond donors (Lipinski definition) is 2. The fourth-order valence-electron chi connectivity index (χ4n) is 7.67. The maximum absolute atomic E-state index is 13.2. The molecule has 2 N–H and O–H groups in total. The first-order chi connectivity index (χ1) is 27.1. The van der Waals surface area contributed by atoms with Gasteiger partial charge in [-0.3, -0.25) is 14.5 Å². The number of rotatable bonds is 11. The maximum Gasteiger partial charge on any atom is 0.257 e. The van der Waals surface area contributed by atoms with E-state index >= 15 is 0 Å². The molecule has 0 unspecified atom stereocenters. The molecule has 318 valence electrons. The van der Waals surface area contributed by atoms with Crippen LogP contribution in [0.5, 0.6) is 23.0 Å². The Morgan fingerprint density at radius 2 is 1.12 bits per heavy atom. The van der Waals surface area contributed by atoms with Crippen molar-refractivity contribution in [2.24, 2.45) is 5.92 Å². The van der Waals surface area contributed by atoms with Crippen molar-refractivity contribution in [3.05, 3.63) is 117 Å². The van der Waals surface area contributed by atoms with E-state index in [1.807, 2.05) is 99.9 Å². The van der Waals surface area contributed by atoms with Crippen LogP contribution in [-0.4, -0.2) is 52.4 Å². The summed E-state index contributed by atoms with van der Waals surface area (Å²) in [6, 6.07) is 21.3. The number of methoxy groups -OCH3 is 2. The zero-order chi connectivity index (χ0) is 43.0. The molecule has 10 heteroatoms. The van der Waals surface area contributed by atoms with Crippen molar-refractivity contribution in [2.75, 3.05) is 24.0 Å². The SMILES string of the molecule is C.COc1cc(N2C(=O)C(=CC[Si](C)(C)C)[C@@H]2c2ccc(C)c(O)c2)cc(C)c1C.COc1cc(N2C(=O)[C@H](CC[Si](C)(C)C)[C@@H]2c2ccc(C)c(O)c2)cc(C)c1C. The molecule has 0 saturated carbocycles. The number of carbonyl (C=O) groups excluding carboxylic acids is 2. The summed E-state index contributed by atoms with van der Waals surface area (Å²) in [5.74, 6) is 2.25. The van der Waals surface area contributed by atoms with Crippen LogP contribution in [-0.2, 0) is 9.59 Å². The van der Waals surface area contributed by atoms with E-state index in [9.17, 15) is 19.8 Å². The van der Waals surface area contributed by atoms with Gasteiger partial charge in [-0.05, 0) is 123 Å². The van der Waals surface area contributed by atoms with E-state index in [0.29, 0.717) is 0 Å². The second-order valence-electron chi connectivity index (χ2n) is 18.6. The summed E-state index contributed by atoms with van der Waals surface area (Å²) < 4.78 is 11.1. The average molecular weight is 837 g/mol. The number of nitrogens with zero attached hydrogens (tertiary/aromatic N) is 2. The van der Waals surface area contributed by atoms with Gasteiger partial charge in [0.1, 0.15) is 23.0 Å². The first-order valence-corrected chi connectivity index (χ1v) is 27.7. The lowest BCUT2D eigenvalue weighted by Gasteiger charge is -2.48. The van der Waals surface area contributed by atoms with Gasteiger partial charge in [0.2, 0.25) is 5.91 Å². The Hall–Kier alpha value is -4.81. The van der Waals surface area contributed by atoms with Crippen molar-refractivity contribution in [2.45, 2.75) is 119 Å². The van der Waals surface area contributed by atoms with Crippen LogP contribution in [0, 0.1) is 47.5 Å². The van der Waals surface area contributed by atoms with E-state index in [0.717, 1.165) is 91.5 Å². The van der Waals surface area contributed by atoms with Crippen LogP contribution in [0.4, 0.5) is 11.4 Å². The number of hydrogen-bond acceptors (Lipinski definition) is 6. The van der Waals surface area contributed by atoms with Crippen molar-refractivity contribution in [1.82, 2.24) is 0 Å². The minimum atomic E-state index is -1.33. The molecule has 0 radical (unpaired) electrons. The molecule has 2 heterocycles. The predicted octanol–water partition coefficient (Wildman–Crippen LogP) is 12.1. The molecule has 2 saturated heterocycles. The Balaban J connectivity index is 0.000000256. The molecule has 0 bridgehead atoms. The van der Waals surface area contributed by atoms with Crippen LogP contribution in [0.2, 0.25) is 51.4 Å². The third kappa shape index (κ3) is 10.2. The van der Waals surface area contributed by atoms with Gasteiger partial charge >= 0.3 is 0 Å². The highest BCUT2D eigenvalue weighted by Gasteiger charge is 2.49. The van der Waals surface area contributed by atoms with Crippen LogP contribution in [0.3, 0.4) is 0 Å². The van der Waals surface area contributed by atoms with Crippen molar-refractivity contribution < 1.29 is 29.3 Å². The van der Waals surface area contributed by atoms with Gasteiger partial charge in [0.15, 0.2) is 0 Å². The molecule has 2 aliphatic rings. The number of phenolic OH excluding ortho intramolecular Hbond substituents is 2. The van der Waals surface area contributed by atoms with Crippen LogP contribution in [0.1, 0.15) is 70.4 Å². The molecular formula is C49H68N2O6Si2. The Bertz CT molecular complexity index is 2230. The number of benzene rings is 4. The molecular weight excluding hydrogens is 769 g/mol. The number of anilines is 2. The van der Waals surface area contributed by atoms with Crippen LogP contribution in [0.25, 0.3) is 0 Å². The van der Waals surface area contributed by atoms with Crippen molar-refractivity contribution in [3.63, 3.8) is 0 Å². The molecule has 4 aromatic carbocycles. The highest BCUT2D eigenvalue weighted by Crippen LogP contribution is 2.49. The molecule has 2 aliphatic heterocycles. The minimum Gasteiger partial charge on any atom is -0.508 e. The van der Waals surface area contributed by atoms with Gasteiger partial charge in [-0.2, -0.15) is 0 Å². The summed E-state index contributed by atoms with van der Waals surface area (Å²) in [6.07, 6.45) is 3.01. The first-order valence-electron chi connectivity index (χ1n) is 20.3. The number of allylic oxidation sites excluding steroid dienone is 1. The fourth-order valence-corrected chi connectivity index (χ4v) is 9.68. The van der Waals surface area contributed by atoms with Gasteiger partial charge in [0.05, 0.1) is 32.2 Å². The third-order valence-electron chi connectivity index (χ3n) is 11.7. The standard InChI is InChI=1S/C24H33NO3Si.C24H31NO3Si.CH4/c2*1-15-8-9-18(13-21(15)26)23-20(10-11-29(5,6)7)24(27)25(23)19-12-16(2)17(3)22(14-19)28-4;/h8-9,12-14,20,23,26H,10-11H2,1-7H3;8-10,12-14,23,26H,11H2,1-7H3;1H4/t20-,23+;23-;/m10./s1. The third-order valence-corrected chi connectivity index (χ3v) is 14.9. The van der Waals surface area contributed by atoms with Gasteiger partial charge in [0, 0.05) is 45.2 Å². The Morgan fingerprint density at radius 1 is 0.644 bits per heavy atom. The monoisotopic (exact) mass is 836 g/mol. The van der Waals surface area contributed by atoms with Crippen molar-refractivity contribution in [3.8, 4) is 23.0 Å². The zero-order valence-corrected chi connectivity index (χ0v) is 39.1. The Labute approximate surface area is 355 Å². The number of amides is 2. The number of phenols is 2. The summed E-state index contributed by atoms with van der Waals surface area (Å²) in [5, 5.41) is 20.5. The molecule has 0 aliphatic carbocycles. The lowest BCUT2D eigenvalue weighted by Crippen LogP contribution is -2.55. The highest BCUT2D eigenvalue weighted by molar-refractivity contribution is 6.76. The Kier molecular flexibility index (Phi) is 14.5. The highest BCUT2D eigenvalue weighted by atomic mass is 28.3. The predicted molar refractivity (Wildman–Crippen MR) is 250 cm³/mol. The summed E-state index contributed by atoms with van der Waals surface area (Å²) in [5.41, 5.74) is 10.4. The van der Waals surface area contributed by atoms with Gasteiger partial charge in [-0.1, -0.05) is 83.1 Å². The van der Waals surface area contributed by atoms with E-state index in [1.54, 1.807) is 20.3 Å². The minimum absolute atomic E-state index is 0. The number of aromatic hydroxyl groups is 2. The molecule has 4 aromatic rings. The van der Waals surface area contributed by atoms with E-state index in [4.69, 9.17) is 9.47 Å². The largest absolute Gasteiger partial charge is 0.508 e. The number of carbonyl (C=O) groups is 2. The molecule has 2 amide bonds. The lowest BCUT2D eigenvalue weighted by molar-refractivity contribution is -0.130. The van der Waals surface area contributed by atoms with Crippen LogP contribution >= 0.6 is 0 Å². The molecule has 8 nitrogen and oxygen atoms in total. The van der Waals surface area contributed by atoms with Gasteiger partial charge in [-0.15, -0.1) is 0 Å². The Morgan fingerprint density at radius 3 is 1.58 bits per heavy atom. The zero-order valence-electron chi connectivity index (χ0n) is 37.1. The number of aryl methyl sites for hydroxylation is 4. The molecule has 0 aromatic heterocycles. The quantitative estimate of drug-likeness (QED) is 0.0887. The lowest BCUT2D eigenvalue weighted by atomic mass is 9.79. The van der Waals surface area contributed by atoms with E-state index in [2.05, 4.69) is 51.4 Å². The maximum atomic E-state index is 13.2. The van der Waals surface area contributed by atoms with Gasteiger partial charge in [0.25, 0.3) is 5.91 Å². The fraction of sp³-hybridized carbons (Fsp3) is 0.429. The summed E-state index contributed by atoms with van der Waals surface area (Å²) >= 11 is 0. The summed E-state index contributed by atoms with van der Waals surface area (Å²) in [7, 11) is 0.727. The molecule has 6 rings (SSSR count). The van der Waals surface area contributed by atoms with Crippen LogP contribution < -0.4 is 19.3 Å². The van der Waals surface area contributed by atoms with Gasteiger partial charge < -0.3 is 24.6 Å². The number of ether oxygens (including phenoxy) is 2. The van der Waals surface area contributed by atoms with Crippen molar-refractivity contribution >= 4 is 39.3 Å². The normalized spacial score (nSPS) is 18.4. The van der Waals surface area contributed by atoms with E-state index < -0.39 is 16.1 Å². The van der Waals surface area contributed by atoms with Crippen molar-refractivity contribution in [1.29, 1.82) is 0 Å². The second kappa shape index (κ2) is 18.2. The van der Waals surface area contributed by atoms with Crippen LogP contribution in [0.15, 0.2) is 72.3 Å². The van der Waals surface area contributed by atoms with Gasteiger partial charge in [-0.25, -0.2) is 0 Å². The average Bonchev–Trinajstić information content (AvgIpc) is 3.13. The molecule has 3 atom stereocenters. The molecule has 2 fully saturated rings. The topological polar surface area (TPSA) is 99.5 Å². The first kappa shape index (κ1) is 46.9. The second-order valence-corrected chi connectivity index (χ2v) is 29.8. The molecule has 0 spiro atoms. The van der Waals surface area contributed by atoms with E-state index in [1.165, 1.54) is 0 Å². The summed E-state index contributed by atoms with van der Waals surface area (Å²) in [4.78, 5) is 30.1. The summed E-state index contributed by atoms with van der Waals surface area (Å²) in [6.45, 7) is 25.8. The van der Waals surface area contributed by atoms with E-state index in [-0.39, 0.29) is 48.7 Å². The number of β-lactam (4-membered cyclic amide) rings is 2. The molecule has 59 heavy (non-hydrogen) atoms. The smallest absolute Gasteiger partial charge is 0.257 e.